The van der Waals surface area contributed by atoms with Gasteiger partial charge in [0.1, 0.15) is 0 Å². The van der Waals surface area contributed by atoms with Gasteiger partial charge in [-0.1, -0.05) is 0 Å². The molecule has 1 aromatic heterocycles. The SMILES string of the molecule is Cc1cc2[nH]ncc2cc1N=C=O. The lowest BCUT2D eigenvalue weighted by atomic mass is 10.1. The van der Waals surface area contributed by atoms with Crippen molar-refractivity contribution in [2.45, 2.75) is 6.92 Å². The second-order valence-corrected chi connectivity index (χ2v) is 2.80. The standard InChI is InChI=1S/C9H7N3O/c1-6-2-9-7(4-11-12-9)3-8(6)10-5-13/h2-4H,1H3,(H,11,12). The van der Waals surface area contributed by atoms with Crippen LogP contribution in [-0.2, 0) is 4.79 Å². The molecule has 0 saturated carbocycles. The second kappa shape index (κ2) is 2.84. The molecule has 13 heavy (non-hydrogen) atoms. The Morgan fingerprint density at radius 3 is 3.15 bits per heavy atom. The Morgan fingerprint density at radius 2 is 2.38 bits per heavy atom. The highest BCUT2D eigenvalue weighted by atomic mass is 16.1. The maximum absolute atomic E-state index is 10.1. The van der Waals surface area contributed by atoms with Crippen LogP contribution in [0, 0.1) is 6.92 Å². The first-order valence-corrected chi connectivity index (χ1v) is 3.83. The average molecular weight is 173 g/mol. The third kappa shape index (κ3) is 1.23. The van der Waals surface area contributed by atoms with Gasteiger partial charge < -0.3 is 0 Å². The lowest BCUT2D eigenvalue weighted by molar-refractivity contribution is 0.565. The number of benzene rings is 1. The molecule has 1 N–H and O–H groups in total. The first kappa shape index (κ1) is 7.71. The number of aromatic amines is 1. The van der Waals surface area contributed by atoms with Crippen LogP contribution in [0.1, 0.15) is 5.56 Å². The third-order valence-electron chi connectivity index (χ3n) is 1.92. The van der Waals surface area contributed by atoms with Gasteiger partial charge >= 0.3 is 0 Å². The molecule has 0 amide bonds. The summed E-state index contributed by atoms with van der Waals surface area (Å²) < 4.78 is 0. The van der Waals surface area contributed by atoms with Gasteiger partial charge in [-0.2, -0.15) is 10.1 Å². The zero-order chi connectivity index (χ0) is 9.26. The molecule has 4 heteroatoms. The zero-order valence-electron chi connectivity index (χ0n) is 7.03. The predicted octanol–water partition coefficient (Wildman–Crippen LogP) is 1.84. The van der Waals surface area contributed by atoms with Crippen molar-refractivity contribution >= 4 is 22.7 Å². The summed E-state index contributed by atoms with van der Waals surface area (Å²) in [7, 11) is 0. The maximum atomic E-state index is 10.1. The van der Waals surface area contributed by atoms with Crippen LogP contribution in [0.15, 0.2) is 23.3 Å². The number of aliphatic imine (C=N–C) groups is 1. The number of H-pyrrole nitrogens is 1. The Balaban J connectivity index is 2.75. The number of nitrogens with zero attached hydrogens (tertiary/aromatic N) is 2. The fourth-order valence-corrected chi connectivity index (χ4v) is 1.26. The van der Waals surface area contributed by atoms with Gasteiger partial charge in [0.15, 0.2) is 0 Å². The topological polar surface area (TPSA) is 58.1 Å². The van der Waals surface area contributed by atoms with E-state index in [4.69, 9.17) is 0 Å². The van der Waals surface area contributed by atoms with Gasteiger partial charge in [0, 0.05) is 5.39 Å². The van der Waals surface area contributed by atoms with Crippen molar-refractivity contribution in [2.75, 3.05) is 0 Å². The maximum Gasteiger partial charge on any atom is 0.240 e. The highest BCUT2D eigenvalue weighted by molar-refractivity contribution is 5.83. The van der Waals surface area contributed by atoms with Gasteiger partial charge in [-0.25, -0.2) is 4.79 Å². The third-order valence-corrected chi connectivity index (χ3v) is 1.92. The molecule has 0 atom stereocenters. The lowest BCUT2D eigenvalue weighted by Gasteiger charge is -1.96. The van der Waals surface area contributed by atoms with Gasteiger partial charge in [0.2, 0.25) is 6.08 Å². The molecule has 0 fully saturated rings. The molecule has 64 valence electrons. The molecule has 2 aromatic rings. The molecule has 0 aliphatic heterocycles. The molecule has 1 aromatic carbocycles. The predicted molar refractivity (Wildman–Crippen MR) is 48.6 cm³/mol. The van der Waals surface area contributed by atoms with Gasteiger partial charge in [0.05, 0.1) is 17.4 Å². The van der Waals surface area contributed by atoms with Crippen LogP contribution >= 0.6 is 0 Å². The Bertz CT molecular complexity index is 495. The van der Waals surface area contributed by atoms with Gasteiger partial charge in [-0.15, -0.1) is 0 Å². The minimum atomic E-state index is 0.643. The Kier molecular flexibility index (Phi) is 1.69. The number of hydrogen-bond donors (Lipinski definition) is 1. The second-order valence-electron chi connectivity index (χ2n) is 2.80. The van der Waals surface area contributed by atoms with Crippen molar-refractivity contribution in [2.24, 2.45) is 4.99 Å². The number of aromatic nitrogens is 2. The minimum absolute atomic E-state index is 0.643. The van der Waals surface area contributed by atoms with Gasteiger partial charge in [0.25, 0.3) is 0 Å². The highest BCUT2D eigenvalue weighted by Crippen LogP contribution is 2.23. The average Bonchev–Trinajstić information content (AvgIpc) is 2.52. The van der Waals surface area contributed by atoms with E-state index in [1.54, 1.807) is 12.3 Å². The Labute approximate surface area is 74.3 Å². The van der Waals surface area contributed by atoms with Crippen LogP contribution in [0.4, 0.5) is 5.69 Å². The van der Waals surface area contributed by atoms with Crippen molar-refractivity contribution in [1.82, 2.24) is 10.2 Å². The monoisotopic (exact) mass is 173 g/mol. The molecule has 0 saturated heterocycles. The molecule has 0 unspecified atom stereocenters. The summed E-state index contributed by atoms with van der Waals surface area (Å²) in [6.07, 6.45) is 3.22. The number of fused-ring (bicyclic) bond motifs is 1. The lowest BCUT2D eigenvalue weighted by Crippen LogP contribution is -1.75. The van der Waals surface area contributed by atoms with Crippen molar-refractivity contribution in [3.63, 3.8) is 0 Å². The van der Waals surface area contributed by atoms with E-state index in [2.05, 4.69) is 15.2 Å². The van der Waals surface area contributed by atoms with E-state index in [0.29, 0.717) is 5.69 Å². The zero-order valence-corrected chi connectivity index (χ0v) is 7.03. The van der Waals surface area contributed by atoms with Crippen LogP contribution in [-0.4, -0.2) is 16.3 Å². The number of nitrogens with one attached hydrogen (secondary N) is 1. The summed E-state index contributed by atoms with van der Waals surface area (Å²) in [5, 5.41) is 7.66. The number of carbonyl (C=O) groups excluding carboxylic acids is 1. The normalized spacial score (nSPS) is 9.92. The van der Waals surface area contributed by atoms with Crippen LogP contribution < -0.4 is 0 Å². The molecule has 0 aliphatic carbocycles. The minimum Gasteiger partial charge on any atom is -0.278 e. The molecule has 0 bridgehead atoms. The number of aryl methyl sites for hydroxylation is 1. The largest absolute Gasteiger partial charge is 0.278 e. The quantitative estimate of drug-likeness (QED) is 0.528. The van der Waals surface area contributed by atoms with Crippen LogP contribution in [0.3, 0.4) is 0 Å². The van der Waals surface area contributed by atoms with Crippen molar-refractivity contribution in [1.29, 1.82) is 0 Å². The molecule has 1 heterocycles. The van der Waals surface area contributed by atoms with Crippen molar-refractivity contribution in [3.05, 3.63) is 23.9 Å². The van der Waals surface area contributed by atoms with E-state index < -0.39 is 0 Å². The van der Waals surface area contributed by atoms with E-state index >= 15 is 0 Å². The highest BCUT2D eigenvalue weighted by Gasteiger charge is 2.00. The van der Waals surface area contributed by atoms with Crippen molar-refractivity contribution in [3.8, 4) is 0 Å². The number of rotatable bonds is 1. The van der Waals surface area contributed by atoms with Gasteiger partial charge in [-0.3, -0.25) is 5.10 Å². The van der Waals surface area contributed by atoms with Crippen LogP contribution in [0.25, 0.3) is 10.9 Å². The summed E-state index contributed by atoms with van der Waals surface area (Å²) >= 11 is 0. The van der Waals surface area contributed by atoms with E-state index in [1.165, 1.54) is 6.08 Å². The molecule has 2 rings (SSSR count). The van der Waals surface area contributed by atoms with E-state index in [-0.39, 0.29) is 0 Å². The van der Waals surface area contributed by atoms with E-state index in [1.807, 2.05) is 13.0 Å². The first-order chi connectivity index (χ1) is 6.31. The first-order valence-electron chi connectivity index (χ1n) is 3.83. The molecule has 4 nitrogen and oxygen atoms in total. The van der Waals surface area contributed by atoms with Crippen molar-refractivity contribution < 1.29 is 4.79 Å². The Morgan fingerprint density at radius 1 is 1.54 bits per heavy atom. The van der Waals surface area contributed by atoms with Crippen LogP contribution in [0.2, 0.25) is 0 Å². The number of isocyanates is 1. The van der Waals surface area contributed by atoms with Crippen LogP contribution in [0.5, 0.6) is 0 Å². The number of hydrogen-bond acceptors (Lipinski definition) is 3. The van der Waals surface area contributed by atoms with E-state index in [0.717, 1.165) is 16.5 Å². The fraction of sp³-hybridized carbons (Fsp3) is 0.111. The molecule has 0 radical (unpaired) electrons. The smallest absolute Gasteiger partial charge is 0.240 e. The fourth-order valence-electron chi connectivity index (χ4n) is 1.26. The molecule has 0 spiro atoms. The van der Waals surface area contributed by atoms with E-state index in [9.17, 15) is 4.79 Å². The summed E-state index contributed by atoms with van der Waals surface area (Å²) in [5.41, 5.74) is 2.52. The molecule has 0 aliphatic rings. The van der Waals surface area contributed by atoms with Gasteiger partial charge in [-0.05, 0) is 24.6 Å². The summed E-state index contributed by atoms with van der Waals surface area (Å²) in [6.45, 7) is 1.89. The summed E-state index contributed by atoms with van der Waals surface area (Å²) in [6, 6.07) is 3.71. The molecular weight excluding hydrogens is 166 g/mol. The molecular formula is C9H7N3O. The Hall–Kier alpha value is -1.93. The summed E-state index contributed by atoms with van der Waals surface area (Å²) in [5.74, 6) is 0. The summed E-state index contributed by atoms with van der Waals surface area (Å²) in [4.78, 5) is 13.7.